The van der Waals surface area contributed by atoms with Crippen LogP contribution in [0.4, 0.5) is 0 Å². The first-order valence-electron chi connectivity index (χ1n) is 5.83. The Bertz CT molecular complexity index is 342. The van der Waals surface area contributed by atoms with Crippen LogP contribution in [-0.2, 0) is 5.75 Å². The molecule has 0 fully saturated rings. The van der Waals surface area contributed by atoms with E-state index < -0.39 is 0 Å². The Morgan fingerprint density at radius 2 is 2.31 bits per heavy atom. The van der Waals surface area contributed by atoms with Gasteiger partial charge in [-0.2, -0.15) is 11.8 Å². The number of hydrogen-bond acceptors (Lipinski definition) is 3. The van der Waals surface area contributed by atoms with Gasteiger partial charge >= 0.3 is 0 Å². The van der Waals surface area contributed by atoms with Crippen LogP contribution in [0.25, 0.3) is 0 Å². The van der Waals surface area contributed by atoms with Gasteiger partial charge < -0.3 is 10.4 Å². The summed E-state index contributed by atoms with van der Waals surface area (Å²) < 4.78 is 0. The minimum absolute atomic E-state index is 0.260. The zero-order chi connectivity index (χ0) is 11.4. The molecule has 88 valence electrons. The molecule has 0 saturated heterocycles. The zero-order valence-electron chi connectivity index (χ0n) is 9.65. The fraction of sp³-hybridized carbons (Fsp3) is 0.538. The number of nitrogens with one attached hydrogen (secondary N) is 1. The van der Waals surface area contributed by atoms with E-state index in [1.807, 2.05) is 11.8 Å². The van der Waals surface area contributed by atoms with Gasteiger partial charge in [0.2, 0.25) is 0 Å². The van der Waals surface area contributed by atoms with E-state index in [2.05, 4.69) is 36.5 Å². The van der Waals surface area contributed by atoms with Gasteiger partial charge in [-0.25, -0.2) is 0 Å². The Balaban J connectivity index is 2.07. The number of benzene rings is 1. The van der Waals surface area contributed by atoms with Crippen molar-refractivity contribution in [3.8, 4) is 0 Å². The molecule has 0 saturated carbocycles. The average Bonchev–Trinajstić information content (AvgIpc) is 2.30. The van der Waals surface area contributed by atoms with Crippen LogP contribution in [0.1, 0.15) is 30.5 Å². The van der Waals surface area contributed by atoms with E-state index in [4.69, 9.17) is 5.11 Å². The molecule has 0 radical (unpaired) electrons. The summed E-state index contributed by atoms with van der Waals surface area (Å²) >= 11 is 1.98. The second kappa shape index (κ2) is 5.71. The number of rotatable bonds is 4. The lowest BCUT2D eigenvalue weighted by Gasteiger charge is -2.28. The van der Waals surface area contributed by atoms with Crippen molar-refractivity contribution in [3.63, 3.8) is 0 Å². The molecule has 0 bridgehead atoms. The van der Waals surface area contributed by atoms with E-state index in [-0.39, 0.29) is 6.61 Å². The number of hydrogen-bond donors (Lipinski definition) is 2. The fourth-order valence-electron chi connectivity index (χ4n) is 2.14. The molecule has 1 aromatic rings. The summed E-state index contributed by atoms with van der Waals surface area (Å²) in [6.07, 6.45) is 0.823. The molecule has 1 heterocycles. The van der Waals surface area contributed by atoms with Gasteiger partial charge in [-0.1, -0.05) is 24.3 Å². The lowest BCUT2D eigenvalue weighted by atomic mass is 10.0. The molecule has 0 amide bonds. The number of aliphatic hydroxyl groups is 1. The van der Waals surface area contributed by atoms with Crippen molar-refractivity contribution in [3.05, 3.63) is 35.4 Å². The van der Waals surface area contributed by atoms with Gasteiger partial charge in [0.05, 0.1) is 0 Å². The summed E-state index contributed by atoms with van der Waals surface area (Å²) in [6, 6.07) is 9.47. The van der Waals surface area contributed by atoms with Gasteiger partial charge in [0.1, 0.15) is 0 Å². The van der Waals surface area contributed by atoms with E-state index in [0.29, 0.717) is 12.1 Å². The number of aliphatic hydroxyl groups excluding tert-OH is 1. The van der Waals surface area contributed by atoms with Crippen molar-refractivity contribution in [2.24, 2.45) is 0 Å². The Hall–Kier alpha value is -0.510. The Labute approximate surface area is 101 Å². The smallest absolute Gasteiger partial charge is 0.0445 e. The third kappa shape index (κ3) is 2.78. The third-order valence-electron chi connectivity index (χ3n) is 3.02. The molecule has 2 rings (SSSR count). The van der Waals surface area contributed by atoms with Crippen LogP contribution < -0.4 is 5.32 Å². The summed E-state index contributed by atoms with van der Waals surface area (Å²) in [5.74, 6) is 2.26. The predicted octanol–water partition coefficient (Wildman–Crippen LogP) is 2.33. The predicted molar refractivity (Wildman–Crippen MR) is 69.6 cm³/mol. The van der Waals surface area contributed by atoms with Crippen molar-refractivity contribution in [2.45, 2.75) is 31.2 Å². The van der Waals surface area contributed by atoms with Crippen molar-refractivity contribution in [1.29, 1.82) is 0 Å². The van der Waals surface area contributed by atoms with E-state index >= 15 is 0 Å². The molecule has 3 heteroatoms. The van der Waals surface area contributed by atoms with Crippen LogP contribution in [0.3, 0.4) is 0 Å². The Morgan fingerprint density at radius 3 is 3.12 bits per heavy atom. The molecule has 0 spiro atoms. The number of fused-ring (bicyclic) bond motifs is 1. The van der Waals surface area contributed by atoms with Crippen LogP contribution in [0.5, 0.6) is 0 Å². The van der Waals surface area contributed by atoms with Crippen LogP contribution in [0, 0.1) is 0 Å². The van der Waals surface area contributed by atoms with Gasteiger partial charge in [0.15, 0.2) is 0 Å². The molecule has 1 aliphatic heterocycles. The maximum atomic E-state index is 8.92. The lowest BCUT2D eigenvalue weighted by Crippen LogP contribution is -2.34. The second-order valence-corrected chi connectivity index (χ2v) is 5.38. The average molecular weight is 237 g/mol. The quantitative estimate of drug-likeness (QED) is 0.843. The first-order valence-corrected chi connectivity index (χ1v) is 6.99. The van der Waals surface area contributed by atoms with Crippen LogP contribution in [0.2, 0.25) is 0 Å². The normalized spacial score (nSPS) is 21.5. The summed E-state index contributed by atoms with van der Waals surface area (Å²) in [6.45, 7) is 2.40. The third-order valence-corrected chi connectivity index (χ3v) is 4.10. The molecule has 2 atom stereocenters. The van der Waals surface area contributed by atoms with E-state index in [9.17, 15) is 0 Å². The highest BCUT2D eigenvalue weighted by Crippen LogP contribution is 2.31. The van der Waals surface area contributed by atoms with Gasteiger partial charge in [-0.05, 0) is 24.5 Å². The number of thioether (sulfide) groups is 1. The van der Waals surface area contributed by atoms with E-state index in [0.717, 1.165) is 17.9 Å². The highest BCUT2D eigenvalue weighted by atomic mass is 32.2. The van der Waals surface area contributed by atoms with Gasteiger partial charge in [-0.3, -0.25) is 0 Å². The Kier molecular flexibility index (Phi) is 4.27. The van der Waals surface area contributed by atoms with Crippen molar-refractivity contribution in [1.82, 2.24) is 5.32 Å². The van der Waals surface area contributed by atoms with E-state index in [1.54, 1.807) is 0 Å². The maximum Gasteiger partial charge on any atom is 0.0445 e. The first-order chi connectivity index (χ1) is 7.81. The van der Waals surface area contributed by atoms with E-state index in [1.165, 1.54) is 11.1 Å². The zero-order valence-corrected chi connectivity index (χ0v) is 10.5. The lowest BCUT2D eigenvalue weighted by molar-refractivity contribution is 0.264. The topological polar surface area (TPSA) is 32.3 Å². The summed E-state index contributed by atoms with van der Waals surface area (Å²) in [5, 5.41) is 12.5. The molecule has 1 aliphatic rings. The molecule has 1 aromatic carbocycles. The highest BCUT2D eigenvalue weighted by molar-refractivity contribution is 7.98. The van der Waals surface area contributed by atoms with Crippen LogP contribution in [0.15, 0.2) is 24.3 Å². The fourth-order valence-corrected chi connectivity index (χ4v) is 3.25. The first kappa shape index (κ1) is 12.0. The minimum atomic E-state index is 0.260. The SMILES string of the molecule is C[C@H](CCO)NC1CSCc2ccccc21. The second-order valence-electron chi connectivity index (χ2n) is 4.35. The summed E-state index contributed by atoms with van der Waals surface area (Å²) in [5.41, 5.74) is 2.89. The van der Waals surface area contributed by atoms with Crippen LogP contribution in [-0.4, -0.2) is 23.5 Å². The maximum absolute atomic E-state index is 8.92. The largest absolute Gasteiger partial charge is 0.396 e. The molecule has 1 unspecified atom stereocenters. The van der Waals surface area contributed by atoms with Crippen molar-refractivity contribution < 1.29 is 5.11 Å². The van der Waals surface area contributed by atoms with Gasteiger partial charge in [0.25, 0.3) is 0 Å². The molecule has 0 aromatic heterocycles. The molecule has 2 nitrogen and oxygen atoms in total. The molecule has 2 N–H and O–H groups in total. The summed E-state index contributed by atoms with van der Waals surface area (Å²) in [7, 11) is 0. The van der Waals surface area contributed by atoms with Crippen LogP contribution >= 0.6 is 11.8 Å². The monoisotopic (exact) mass is 237 g/mol. The molecular weight excluding hydrogens is 218 g/mol. The van der Waals surface area contributed by atoms with Crippen molar-refractivity contribution in [2.75, 3.05) is 12.4 Å². The molecular formula is C13H19NOS. The Morgan fingerprint density at radius 1 is 1.50 bits per heavy atom. The van der Waals surface area contributed by atoms with Gasteiger partial charge in [0, 0.05) is 30.2 Å². The standard InChI is InChI=1S/C13H19NOS/c1-10(6-7-15)14-13-9-16-8-11-4-2-3-5-12(11)13/h2-5,10,13-15H,6-9H2,1H3/t10-,13?/m1/s1. The van der Waals surface area contributed by atoms with Crippen molar-refractivity contribution >= 4 is 11.8 Å². The minimum Gasteiger partial charge on any atom is -0.396 e. The van der Waals surface area contributed by atoms with Gasteiger partial charge in [-0.15, -0.1) is 0 Å². The molecule has 16 heavy (non-hydrogen) atoms. The molecule has 0 aliphatic carbocycles. The highest BCUT2D eigenvalue weighted by Gasteiger charge is 2.20. The summed E-state index contributed by atoms with van der Waals surface area (Å²) in [4.78, 5) is 0.